The largest absolute Gasteiger partial charge is 0.493 e. The van der Waals surface area contributed by atoms with E-state index in [2.05, 4.69) is 10.1 Å². The van der Waals surface area contributed by atoms with Gasteiger partial charge in [0.25, 0.3) is 10.0 Å². The van der Waals surface area contributed by atoms with E-state index in [-0.39, 0.29) is 41.3 Å². The number of ether oxygens (including phenoxy) is 4. The summed E-state index contributed by atoms with van der Waals surface area (Å²) in [5, 5.41) is 3.95. The molecule has 0 saturated carbocycles. The first-order valence-electron chi connectivity index (χ1n) is 10.4. The third-order valence-corrected chi connectivity index (χ3v) is 6.46. The maximum absolute atomic E-state index is 13.4. The number of alkyl halides is 3. The van der Waals surface area contributed by atoms with Gasteiger partial charge < -0.3 is 18.9 Å². The van der Waals surface area contributed by atoms with Crippen molar-refractivity contribution in [3.05, 3.63) is 42.0 Å². The van der Waals surface area contributed by atoms with Crippen LogP contribution in [-0.4, -0.2) is 50.5 Å². The fourth-order valence-electron chi connectivity index (χ4n) is 3.14. The SMILES string of the molecule is CCCCOc1nc(-c2cc(OC)c(OC)c(OC)c2)n(S(=O)(=O)c2cccc(C(F)(F)F)c2)n1. The summed E-state index contributed by atoms with van der Waals surface area (Å²) in [6, 6.07) is 6.00. The maximum atomic E-state index is 13.4. The Balaban J connectivity index is 2.22. The fourth-order valence-corrected chi connectivity index (χ4v) is 4.41. The number of hydrogen-bond donors (Lipinski definition) is 0. The van der Waals surface area contributed by atoms with Gasteiger partial charge in [-0.05, 0) is 36.8 Å². The number of benzene rings is 2. The van der Waals surface area contributed by atoms with Crippen LogP contribution in [0.25, 0.3) is 11.4 Å². The normalized spacial score (nSPS) is 11.9. The second kappa shape index (κ2) is 10.4. The third-order valence-electron chi connectivity index (χ3n) is 4.90. The summed E-state index contributed by atoms with van der Waals surface area (Å²) in [7, 11) is -0.453. The lowest BCUT2D eigenvalue weighted by atomic mass is 10.1. The molecular weight excluding hydrogens is 491 g/mol. The number of rotatable bonds is 10. The van der Waals surface area contributed by atoms with Crippen molar-refractivity contribution in [2.45, 2.75) is 30.8 Å². The van der Waals surface area contributed by atoms with Crippen LogP contribution in [0, 0.1) is 0 Å². The van der Waals surface area contributed by atoms with E-state index in [4.69, 9.17) is 18.9 Å². The van der Waals surface area contributed by atoms with Crippen molar-refractivity contribution in [2.75, 3.05) is 27.9 Å². The molecule has 3 aromatic rings. The molecule has 9 nitrogen and oxygen atoms in total. The van der Waals surface area contributed by atoms with E-state index in [1.54, 1.807) is 0 Å². The number of halogens is 3. The van der Waals surface area contributed by atoms with E-state index in [1.807, 2.05) is 6.92 Å². The minimum atomic E-state index is -4.73. The first kappa shape index (κ1) is 26.1. The smallest absolute Gasteiger partial charge is 0.416 e. The molecule has 0 aliphatic rings. The molecule has 0 amide bonds. The second-order valence-electron chi connectivity index (χ2n) is 7.21. The van der Waals surface area contributed by atoms with Crippen LogP contribution in [0.4, 0.5) is 13.2 Å². The van der Waals surface area contributed by atoms with Crippen molar-refractivity contribution in [3.63, 3.8) is 0 Å². The number of unbranched alkanes of at least 4 members (excludes halogenated alkanes) is 1. The van der Waals surface area contributed by atoms with Gasteiger partial charge in [0, 0.05) is 5.56 Å². The van der Waals surface area contributed by atoms with Crippen LogP contribution in [0.15, 0.2) is 41.3 Å². The topological polar surface area (TPSA) is 102 Å². The number of hydrogen-bond acceptors (Lipinski definition) is 8. The van der Waals surface area contributed by atoms with Crippen molar-refractivity contribution < 1.29 is 40.5 Å². The lowest BCUT2D eigenvalue weighted by molar-refractivity contribution is -0.137. The Kier molecular flexibility index (Phi) is 7.78. The summed E-state index contributed by atoms with van der Waals surface area (Å²) < 4.78 is 88.5. The highest BCUT2D eigenvalue weighted by Crippen LogP contribution is 2.41. The summed E-state index contributed by atoms with van der Waals surface area (Å²) >= 11 is 0. The molecule has 190 valence electrons. The highest BCUT2D eigenvalue weighted by Gasteiger charge is 2.33. The molecule has 2 aromatic carbocycles. The molecule has 0 aliphatic carbocycles. The molecule has 0 atom stereocenters. The summed E-state index contributed by atoms with van der Waals surface area (Å²) in [6.07, 6.45) is -3.26. The van der Waals surface area contributed by atoms with Crippen LogP contribution >= 0.6 is 0 Å². The highest BCUT2D eigenvalue weighted by molar-refractivity contribution is 7.90. The third kappa shape index (κ3) is 5.45. The van der Waals surface area contributed by atoms with Crippen LogP contribution in [0.2, 0.25) is 0 Å². The van der Waals surface area contributed by atoms with E-state index in [0.717, 1.165) is 24.6 Å². The van der Waals surface area contributed by atoms with E-state index in [0.29, 0.717) is 16.6 Å². The lowest BCUT2D eigenvalue weighted by Gasteiger charge is -2.14. The van der Waals surface area contributed by atoms with Gasteiger partial charge in [-0.2, -0.15) is 26.6 Å². The molecule has 0 bridgehead atoms. The zero-order valence-electron chi connectivity index (χ0n) is 19.4. The lowest BCUT2D eigenvalue weighted by Crippen LogP contribution is -2.17. The van der Waals surface area contributed by atoms with Crippen LogP contribution in [-0.2, 0) is 16.2 Å². The van der Waals surface area contributed by atoms with E-state index < -0.39 is 26.7 Å². The predicted octanol–water partition coefficient (Wildman–Crippen LogP) is 4.41. The molecule has 0 spiro atoms. The molecule has 0 fully saturated rings. The number of nitrogens with zero attached hydrogens (tertiary/aromatic N) is 3. The molecule has 13 heteroatoms. The predicted molar refractivity (Wildman–Crippen MR) is 120 cm³/mol. The van der Waals surface area contributed by atoms with Gasteiger partial charge >= 0.3 is 12.2 Å². The number of aromatic nitrogens is 3. The van der Waals surface area contributed by atoms with Gasteiger partial charge in [-0.1, -0.05) is 24.5 Å². The molecule has 0 radical (unpaired) electrons. The van der Waals surface area contributed by atoms with Crippen LogP contribution in [0.1, 0.15) is 25.3 Å². The zero-order valence-corrected chi connectivity index (χ0v) is 20.2. The van der Waals surface area contributed by atoms with Crippen molar-refractivity contribution in [1.29, 1.82) is 0 Å². The summed E-state index contributed by atoms with van der Waals surface area (Å²) in [5.41, 5.74) is -0.930. The Bertz CT molecular complexity index is 1270. The van der Waals surface area contributed by atoms with Crippen molar-refractivity contribution in [1.82, 2.24) is 14.2 Å². The van der Waals surface area contributed by atoms with Gasteiger partial charge in [-0.15, -0.1) is 4.09 Å². The summed E-state index contributed by atoms with van der Waals surface area (Å²) in [5.74, 6) is 0.459. The molecule has 3 rings (SSSR count). The van der Waals surface area contributed by atoms with Gasteiger partial charge in [-0.25, -0.2) is 0 Å². The van der Waals surface area contributed by atoms with E-state index in [1.165, 1.54) is 33.5 Å². The first-order chi connectivity index (χ1) is 16.6. The van der Waals surface area contributed by atoms with Crippen molar-refractivity contribution >= 4 is 10.0 Å². The van der Waals surface area contributed by atoms with Crippen molar-refractivity contribution in [3.8, 4) is 34.6 Å². The molecule has 0 saturated heterocycles. The molecule has 1 aromatic heterocycles. The Morgan fingerprint density at radius 1 is 1.00 bits per heavy atom. The fraction of sp³-hybridized carbons (Fsp3) is 0.364. The molecule has 0 unspecified atom stereocenters. The Hall–Kier alpha value is -3.48. The molecule has 0 aliphatic heterocycles. The van der Waals surface area contributed by atoms with E-state index in [9.17, 15) is 21.6 Å². The summed E-state index contributed by atoms with van der Waals surface area (Å²) in [4.78, 5) is 3.58. The minimum absolute atomic E-state index is 0.188. The van der Waals surface area contributed by atoms with Gasteiger partial charge in [0.1, 0.15) is 0 Å². The molecule has 0 N–H and O–H groups in total. The van der Waals surface area contributed by atoms with Crippen LogP contribution < -0.4 is 18.9 Å². The monoisotopic (exact) mass is 515 g/mol. The summed E-state index contributed by atoms with van der Waals surface area (Å²) in [6.45, 7) is 2.16. The van der Waals surface area contributed by atoms with Crippen LogP contribution in [0.3, 0.4) is 0 Å². The van der Waals surface area contributed by atoms with Crippen LogP contribution in [0.5, 0.6) is 23.3 Å². The van der Waals surface area contributed by atoms with Gasteiger partial charge in [-0.3, -0.25) is 0 Å². The molecule has 1 heterocycles. The average Bonchev–Trinajstić information content (AvgIpc) is 3.28. The average molecular weight is 516 g/mol. The van der Waals surface area contributed by atoms with Gasteiger partial charge in [0.2, 0.25) is 5.75 Å². The standard InChI is InChI=1S/C22H24F3N3O6S/c1-5-6-10-34-21-26-20(14-11-17(31-2)19(33-4)18(12-14)32-3)28(27-21)35(29,30)16-9-7-8-15(13-16)22(23,24)25/h7-9,11-13H,5-6,10H2,1-4H3. The zero-order chi connectivity index (χ0) is 25.8. The van der Waals surface area contributed by atoms with Gasteiger partial charge in [0.05, 0.1) is 38.4 Å². The van der Waals surface area contributed by atoms with E-state index >= 15 is 0 Å². The Morgan fingerprint density at radius 2 is 1.66 bits per heavy atom. The molecular formula is C22H24F3N3O6S. The first-order valence-corrected chi connectivity index (χ1v) is 11.8. The van der Waals surface area contributed by atoms with Gasteiger partial charge in [0.15, 0.2) is 17.3 Å². The Labute approximate surface area is 200 Å². The second-order valence-corrected chi connectivity index (χ2v) is 8.98. The minimum Gasteiger partial charge on any atom is -0.493 e. The quantitative estimate of drug-likeness (QED) is 0.366. The Morgan fingerprint density at radius 3 is 2.20 bits per heavy atom. The molecule has 35 heavy (non-hydrogen) atoms. The number of methoxy groups -OCH3 is 3. The van der Waals surface area contributed by atoms with Crippen molar-refractivity contribution in [2.24, 2.45) is 0 Å². The maximum Gasteiger partial charge on any atom is 0.416 e. The highest BCUT2D eigenvalue weighted by atomic mass is 32.2.